The Balaban J connectivity index is 2.03. The largest absolute Gasteiger partial charge is 0.507 e. The van der Waals surface area contributed by atoms with Gasteiger partial charge >= 0.3 is 0 Å². The molecule has 1 fully saturated rings. The lowest BCUT2D eigenvalue weighted by molar-refractivity contribution is 0.0930. The number of benzene rings is 1. The van der Waals surface area contributed by atoms with Gasteiger partial charge in [0.15, 0.2) is 0 Å². The van der Waals surface area contributed by atoms with Gasteiger partial charge < -0.3 is 10.4 Å². The zero-order valence-electron chi connectivity index (χ0n) is 11.1. The fraction of sp³-hybridized carbons (Fsp3) is 0.533. The molecule has 2 N–H and O–H groups in total. The first-order chi connectivity index (χ1) is 8.61. The predicted octanol–water partition coefficient (Wildman–Crippen LogP) is 3.01. The number of hydrogen-bond acceptors (Lipinski definition) is 2. The number of para-hydroxylation sites is 1. The van der Waals surface area contributed by atoms with Crippen LogP contribution in [0.1, 0.15) is 48.5 Å². The molecule has 1 aliphatic carbocycles. The lowest BCUT2D eigenvalue weighted by atomic mass is 10.1. The number of phenols is 1. The number of nitrogens with one attached hydrogen (secondary N) is 1. The van der Waals surface area contributed by atoms with Crippen molar-refractivity contribution in [2.24, 2.45) is 5.92 Å². The van der Waals surface area contributed by atoms with Crippen LogP contribution in [0.25, 0.3) is 0 Å². The van der Waals surface area contributed by atoms with E-state index in [0.717, 1.165) is 24.3 Å². The summed E-state index contributed by atoms with van der Waals surface area (Å²) in [6.07, 6.45) is 4.59. The Kier molecular flexibility index (Phi) is 3.90. The molecule has 1 amide bonds. The van der Waals surface area contributed by atoms with Gasteiger partial charge in [0.05, 0.1) is 5.56 Å². The van der Waals surface area contributed by atoms with Crippen LogP contribution in [0.5, 0.6) is 5.75 Å². The lowest BCUT2D eigenvalue weighted by Crippen LogP contribution is -2.34. The van der Waals surface area contributed by atoms with Gasteiger partial charge in [0.2, 0.25) is 0 Å². The highest BCUT2D eigenvalue weighted by Crippen LogP contribution is 2.34. The van der Waals surface area contributed by atoms with E-state index >= 15 is 0 Å². The second kappa shape index (κ2) is 5.42. The van der Waals surface area contributed by atoms with E-state index in [4.69, 9.17) is 0 Å². The van der Waals surface area contributed by atoms with Crippen LogP contribution in [0.3, 0.4) is 0 Å². The molecule has 1 atom stereocenters. The van der Waals surface area contributed by atoms with Crippen LogP contribution < -0.4 is 5.32 Å². The summed E-state index contributed by atoms with van der Waals surface area (Å²) in [7, 11) is 0. The van der Waals surface area contributed by atoms with Crippen LogP contribution in [-0.4, -0.2) is 17.1 Å². The van der Waals surface area contributed by atoms with Crippen LogP contribution in [0.4, 0.5) is 0 Å². The van der Waals surface area contributed by atoms with Gasteiger partial charge in [-0.05, 0) is 37.3 Å². The summed E-state index contributed by atoms with van der Waals surface area (Å²) in [6.45, 7) is 3.89. The van der Waals surface area contributed by atoms with Gasteiger partial charge in [0, 0.05) is 6.04 Å². The first-order valence-corrected chi connectivity index (χ1v) is 6.71. The summed E-state index contributed by atoms with van der Waals surface area (Å²) in [5, 5.41) is 12.9. The summed E-state index contributed by atoms with van der Waals surface area (Å²) in [5.41, 5.74) is 1.11. The minimum absolute atomic E-state index is 0.0938. The Morgan fingerprint density at radius 2 is 2.22 bits per heavy atom. The third-order valence-electron chi connectivity index (χ3n) is 3.63. The molecule has 0 saturated heterocycles. The molecule has 0 heterocycles. The van der Waals surface area contributed by atoms with Gasteiger partial charge in [-0.25, -0.2) is 0 Å². The van der Waals surface area contributed by atoms with E-state index < -0.39 is 0 Å². The number of aryl methyl sites for hydroxylation is 1. The van der Waals surface area contributed by atoms with Crippen molar-refractivity contribution in [1.82, 2.24) is 5.32 Å². The number of rotatable bonds is 5. The van der Waals surface area contributed by atoms with Crippen molar-refractivity contribution in [2.45, 2.75) is 45.6 Å². The highest BCUT2D eigenvalue weighted by Gasteiger charge is 2.26. The molecule has 0 bridgehead atoms. The third-order valence-corrected chi connectivity index (χ3v) is 3.63. The van der Waals surface area contributed by atoms with Gasteiger partial charge in [0.25, 0.3) is 5.91 Å². The number of amides is 1. The number of carbonyl (C=O) groups excluding carboxylic acids is 1. The van der Waals surface area contributed by atoms with E-state index in [0.29, 0.717) is 5.56 Å². The first-order valence-electron chi connectivity index (χ1n) is 6.71. The molecular weight excluding hydrogens is 226 g/mol. The van der Waals surface area contributed by atoms with Crippen LogP contribution in [0.2, 0.25) is 0 Å². The van der Waals surface area contributed by atoms with E-state index in [-0.39, 0.29) is 17.7 Å². The van der Waals surface area contributed by atoms with Crippen molar-refractivity contribution >= 4 is 5.91 Å². The molecule has 2 rings (SSSR count). The Labute approximate surface area is 108 Å². The number of aromatic hydroxyl groups is 1. The van der Waals surface area contributed by atoms with Crippen LogP contribution in [-0.2, 0) is 0 Å². The highest BCUT2D eigenvalue weighted by atomic mass is 16.3. The van der Waals surface area contributed by atoms with Crippen molar-refractivity contribution in [2.75, 3.05) is 0 Å². The molecule has 1 aromatic carbocycles. The molecule has 0 aromatic heterocycles. The van der Waals surface area contributed by atoms with E-state index in [2.05, 4.69) is 12.2 Å². The Bertz CT molecular complexity index is 438. The molecule has 1 saturated carbocycles. The molecule has 0 aliphatic heterocycles. The molecule has 3 heteroatoms. The summed E-state index contributed by atoms with van der Waals surface area (Å²) in [6, 6.07) is 5.49. The van der Waals surface area contributed by atoms with E-state index in [1.165, 1.54) is 12.8 Å². The summed E-state index contributed by atoms with van der Waals surface area (Å²) in [5.74, 6) is 0.723. The van der Waals surface area contributed by atoms with E-state index in [1.54, 1.807) is 25.1 Å². The maximum Gasteiger partial charge on any atom is 0.255 e. The van der Waals surface area contributed by atoms with Crippen molar-refractivity contribution < 1.29 is 9.90 Å². The smallest absolute Gasteiger partial charge is 0.255 e. The molecule has 1 aliphatic rings. The van der Waals surface area contributed by atoms with Crippen LogP contribution in [0.15, 0.2) is 18.2 Å². The normalized spacial score (nSPS) is 16.3. The van der Waals surface area contributed by atoms with Gasteiger partial charge in [-0.15, -0.1) is 0 Å². The zero-order chi connectivity index (χ0) is 13.1. The monoisotopic (exact) mass is 247 g/mol. The second-order valence-electron chi connectivity index (χ2n) is 5.23. The Morgan fingerprint density at radius 3 is 2.83 bits per heavy atom. The van der Waals surface area contributed by atoms with Gasteiger partial charge in [0.1, 0.15) is 5.75 Å². The molecule has 18 heavy (non-hydrogen) atoms. The van der Waals surface area contributed by atoms with Gasteiger partial charge in [-0.2, -0.15) is 0 Å². The minimum atomic E-state index is -0.163. The maximum absolute atomic E-state index is 12.1. The Morgan fingerprint density at radius 1 is 1.50 bits per heavy atom. The number of carbonyl (C=O) groups is 1. The predicted molar refractivity (Wildman–Crippen MR) is 71.7 cm³/mol. The fourth-order valence-electron chi connectivity index (χ4n) is 2.19. The molecule has 1 unspecified atom stereocenters. The van der Waals surface area contributed by atoms with Gasteiger partial charge in [-0.3, -0.25) is 4.79 Å². The number of phenolic OH excluding ortho intramolecular Hbond substituents is 1. The summed E-state index contributed by atoms with van der Waals surface area (Å²) < 4.78 is 0. The standard InChI is InChI=1S/C15H21NO2/c1-3-12(9-11-7-8-11)16-15(18)13-6-4-5-10(2)14(13)17/h4-6,11-12,17H,3,7-9H2,1-2H3,(H,16,18). The summed E-state index contributed by atoms with van der Waals surface area (Å²) >= 11 is 0. The first kappa shape index (κ1) is 12.9. The average Bonchev–Trinajstić information content (AvgIpc) is 3.15. The molecule has 98 valence electrons. The molecular formula is C15H21NO2. The Hall–Kier alpha value is -1.51. The molecule has 0 spiro atoms. The summed E-state index contributed by atoms with van der Waals surface area (Å²) in [4.78, 5) is 12.1. The fourth-order valence-corrected chi connectivity index (χ4v) is 2.19. The van der Waals surface area contributed by atoms with Crippen molar-refractivity contribution in [3.05, 3.63) is 29.3 Å². The van der Waals surface area contributed by atoms with E-state index in [1.807, 2.05) is 0 Å². The highest BCUT2D eigenvalue weighted by molar-refractivity contribution is 5.97. The lowest BCUT2D eigenvalue weighted by Gasteiger charge is -2.17. The maximum atomic E-state index is 12.1. The van der Waals surface area contributed by atoms with E-state index in [9.17, 15) is 9.90 Å². The molecule has 0 radical (unpaired) electrons. The topological polar surface area (TPSA) is 49.3 Å². The van der Waals surface area contributed by atoms with Crippen molar-refractivity contribution in [1.29, 1.82) is 0 Å². The minimum Gasteiger partial charge on any atom is -0.507 e. The quantitative estimate of drug-likeness (QED) is 0.840. The average molecular weight is 247 g/mol. The van der Waals surface area contributed by atoms with Crippen LogP contribution >= 0.6 is 0 Å². The second-order valence-corrected chi connectivity index (χ2v) is 5.23. The third kappa shape index (κ3) is 3.03. The number of hydrogen-bond donors (Lipinski definition) is 2. The van der Waals surface area contributed by atoms with Crippen molar-refractivity contribution in [3.63, 3.8) is 0 Å². The zero-order valence-corrected chi connectivity index (χ0v) is 11.1. The molecule has 3 nitrogen and oxygen atoms in total. The molecule has 1 aromatic rings. The van der Waals surface area contributed by atoms with Crippen molar-refractivity contribution in [3.8, 4) is 5.75 Å². The SMILES string of the molecule is CCC(CC1CC1)NC(=O)c1cccc(C)c1O. The van der Waals surface area contributed by atoms with Crippen LogP contribution in [0, 0.1) is 12.8 Å². The van der Waals surface area contributed by atoms with Gasteiger partial charge in [-0.1, -0.05) is 31.9 Å².